The highest BCUT2D eigenvalue weighted by molar-refractivity contribution is 6.07. The van der Waals surface area contributed by atoms with Crippen molar-refractivity contribution in [1.82, 2.24) is 14.3 Å². The van der Waals surface area contributed by atoms with Crippen LogP contribution in [-0.2, 0) is 9.53 Å². The molecule has 27 heavy (non-hydrogen) atoms. The van der Waals surface area contributed by atoms with E-state index >= 15 is 0 Å². The Morgan fingerprint density at radius 2 is 2.07 bits per heavy atom. The number of ether oxygens (including phenoxy) is 2. The number of aromatic nitrogens is 2. The summed E-state index contributed by atoms with van der Waals surface area (Å²) in [5.41, 5.74) is 0.772. The van der Waals surface area contributed by atoms with E-state index < -0.39 is 6.09 Å². The quantitative estimate of drug-likeness (QED) is 0.467. The van der Waals surface area contributed by atoms with Crippen molar-refractivity contribution in [3.8, 4) is 5.75 Å². The van der Waals surface area contributed by atoms with Crippen molar-refractivity contribution in [2.24, 2.45) is 0 Å². The van der Waals surface area contributed by atoms with E-state index in [-0.39, 0.29) is 11.7 Å². The van der Waals surface area contributed by atoms with Gasteiger partial charge < -0.3 is 13.9 Å². The predicted molar refractivity (Wildman–Crippen MR) is 100 cm³/mol. The first-order valence-corrected chi connectivity index (χ1v) is 9.49. The molecular formula is C20H25N3O4. The Morgan fingerprint density at radius 3 is 2.93 bits per heavy atom. The first-order chi connectivity index (χ1) is 13.2. The molecular weight excluding hydrogens is 346 g/mol. The van der Waals surface area contributed by atoms with Crippen molar-refractivity contribution in [1.29, 1.82) is 0 Å². The van der Waals surface area contributed by atoms with Crippen LogP contribution in [-0.4, -0.2) is 39.4 Å². The molecule has 3 heterocycles. The summed E-state index contributed by atoms with van der Waals surface area (Å²) in [5.74, 6) is 0.550. The Balaban J connectivity index is 1.41. The van der Waals surface area contributed by atoms with Gasteiger partial charge in [0.1, 0.15) is 0 Å². The summed E-state index contributed by atoms with van der Waals surface area (Å²) in [6.07, 6.45) is 12.0. The van der Waals surface area contributed by atoms with E-state index in [1.165, 1.54) is 4.90 Å². The van der Waals surface area contributed by atoms with Gasteiger partial charge in [0, 0.05) is 25.1 Å². The number of hydrogen-bond acceptors (Lipinski definition) is 5. The van der Waals surface area contributed by atoms with Gasteiger partial charge in [-0.2, -0.15) is 0 Å². The largest absolute Gasteiger partial charge is 0.490 e. The van der Waals surface area contributed by atoms with Crippen LogP contribution >= 0.6 is 0 Å². The Hall–Kier alpha value is -2.83. The molecule has 3 rings (SSSR count). The summed E-state index contributed by atoms with van der Waals surface area (Å²) < 4.78 is 12.8. The summed E-state index contributed by atoms with van der Waals surface area (Å²) in [5, 5.41) is 0. The molecule has 0 saturated carbocycles. The molecule has 1 aliphatic rings. The Labute approximate surface area is 158 Å². The first-order valence-electron chi connectivity index (χ1n) is 9.49. The number of allylic oxidation sites excluding steroid dienone is 1. The van der Waals surface area contributed by atoms with E-state index in [2.05, 4.69) is 11.9 Å². The van der Waals surface area contributed by atoms with E-state index in [1.54, 1.807) is 12.3 Å². The van der Waals surface area contributed by atoms with Gasteiger partial charge in [0.25, 0.3) is 5.91 Å². The lowest BCUT2D eigenvalue weighted by atomic mass is 10.2. The van der Waals surface area contributed by atoms with Crippen molar-refractivity contribution in [2.45, 2.75) is 45.4 Å². The van der Waals surface area contributed by atoms with Crippen LogP contribution in [0.2, 0.25) is 0 Å². The number of fused-ring (bicyclic) bond motifs is 1. The molecule has 0 unspecified atom stereocenters. The van der Waals surface area contributed by atoms with Crippen molar-refractivity contribution in [2.75, 3.05) is 13.2 Å². The Morgan fingerprint density at radius 1 is 1.19 bits per heavy atom. The van der Waals surface area contributed by atoms with Crippen molar-refractivity contribution in [3.05, 3.63) is 42.6 Å². The molecule has 0 spiro atoms. The van der Waals surface area contributed by atoms with Crippen LogP contribution in [0.1, 0.15) is 45.4 Å². The van der Waals surface area contributed by atoms with Gasteiger partial charge in [-0.3, -0.25) is 4.79 Å². The summed E-state index contributed by atoms with van der Waals surface area (Å²) in [6, 6.07) is 3.77. The van der Waals surface area contributed by atoms with Crippen LogP contribution in [0.25, 0.3) is 5.65 Å². The number of imidazole rings is 1. The molecule has 144 valence electrons. The van der Waals surface area contributed by atoms with Gasteiger partial charge in [0.15, 0.2) is 17.2 Å². The zero-order valence-electron chi connectivity index (χ0n) is 15.6. The number of carbonyl (C=O) groups excluding carboxylic acids is 2. The fourth-order valence-electron chi connectivity index (χ4n) is 2.95. The minimum atomic E-state index is -0.579. The van der Waals surface area contributed by atoms with Crippen LogP contribution < -0.4 is 4.74 Å². The summed E-state index contributed by atoms with van der Waals surface area (Å²) in [6.45, 7) is 2.94. The highest BCUT2D eigenvalue weighted by Gasteiger charge is 2.35. The molecule has 2 amide bonds. The molecule has 0 radical (unpaired) electrons. The SMILES string of the molecule is CCCCC/C=C1/OC(=O)N(CCCCOc2cccn3ccnc23)C1=O. The van der Waals surface area contributed by atoms with Crippen LogP contribution in [0, 0.1) is 0 Å². The smallest absolute Gasteiger partial charge is 0.422 e. The third-order valence-corrected chi connectivity index (χ3v) is 4.43. The summed E-state index contributed by atoms with van der Waals surface area (Å²) in [4.78, 5) is 29.6. The van der Waals surface area contributed by atoms with E-state index in [1.807, 2.05) is 28.9 Å². The number of amides is 2. The average Bonchev–Trinajstić information content (AvgIpc) is 3.25. The molecule has 0 aliphatic carbocycles. The predicted octanol–water partition coefficient (Wildman–Crippen LogP) is 3.94. The summed E-state index contributed by atoms with van der Waals surface area (Å²) >= 11 is 0. The monoisotopic (exact) mass is 371 g/mol. The average molecular weight is 371 g/mol. The zero-order valence-corrected chi connectivity index (χ0v) is 15.6. The number of rotatable bonds is 10. The number of pyridine rings is 1. The third-order valence-electron chi connectivity index (χ3n) is 4.43. The van der Waals surface area contributed by atoms with Crippen molar-refractivity contribution < 1.29 is 19.1 Å². The van der Waals surface area contributed by atoms with Crippen LogP contribution in [0.3, 0.4) is 0 Å². The maximum Gasteiger partial charge on any atom is 0.422 e. The van der Waals surface area contributed by atoms with Crippen LogP contribution in [0.15, 0.2) is 42.6 Å². The van der Waals surface area contributed by atoms with E-state index in [0.29, 0.717) is 26.0 Å². The van der Waals surface area contributed by atoms with Crippen molar-refractivity contribution >= 4 is 17.6 Å². The van der Waals surface area contributed by atoms with Gasteiger partial charge in [-0.25, -0.2) is 14.7 Å². The number of imide groups is 1. The molecule has 0 aromatic carbocycles. The number of cyclic esters (lactones) is 1. The maximum absolute atomic E-state index is 12.3. The Bertz CT molecular complexity index is 827. The lowest BCUT2D eigenvalue weighted by Gasteiger charge is -2.10. The van der Waals surface area contributed by atoms with Gasteiger partial charge in [-0.1, -0.05) is 19.8 Å². The highest BCUT2D eigenvalue weighted by atomic mass is 16.6. The normalized spacial score (nSPS) is 15.7. The van der Waals surface area contributed by atoms with E-state index in [0.717, 1.165) is 37.1 Å². The first kappa shape index (κ1) is 18.9. The summed E-state index contributed by atoms with van der Waals surface area (Å²) in [7, 11) is 0. The topological polar surface area (TPSA) is 73.1 Å². The molecule has 1 saturated heterocycles. The fourth-order valence-corrected chi connectivity index (χ4v) is 2.95. The van der Waals surface area contributed by atoms with Gasteiger partial charge >= 0.3 is 6.09 Å². The van der Waals surface area contributed by atoms with Crippen LogP contribution in [0.4, 0.5) is 4.79 Å². The fraction of sp³-hybridized carbons (Fsp3) is 0.450. The standard InChI is InChI=1S/C20H25N3O4/c1-2-3-4-5-9-17-19(24)23(20(25)27-17)13-6-7-15-26-16-10-8-12-22-14-11-21-18(16)22/h8-12,14H,2-7,13,15H2,1H3/b17-9+. The molecule has 1 fully saturated rings. The molecule has 7 nitrogen and oxygen atoms in total. The lowest BCUT2D eigenvalue weighted by molar-refractivity contribution is -0.123. The van der Waals surface area contributed by atoms with Gasteiger partial charge in [0.2, 0.25) is 0 Å². The van der Waals surface area contributed by atoms with Gasteiger partial charge in [0.05, 0.1) is 6.61 Å². The minimum Gasteiger partial charge on any atom is -0.490 e. The molecule has 2 aromatic rings. The number of nitrogens with zero attached hydrogens (tertiary/aromatic N) is 3. The molecule has 0 atom stereocenters. The molecule has 1 aliphatic heterocycles. The second-order valence-corrected chi connectivity index (χ2v) is 6.48. The van der Waals surface area contributed by atoms with E-state index in [9.17, 15) is 9.59 Å². The zero-order chi connectivity index (χ0) is 19.1. The number of hydrogen-bond donors (Lipinski definition) is 0. The second kappa shape index (κ2) is 9.21. The second-order valence-electron chi connectivity index (χ2n) is 6.48. The number of unbranched alkanes of at least 4 members (excludes halogenated alkanes) is 4. The lowest BCUT2D eigenvalue weighted by Crippen LogP contribution is -2.30. The van der Waals surface area contributed by atoms with Crippen molar-refractivity contribution in [3.63, 3.8) is 0 Å². The van der Waals surface area contributed by atoms with Crippen LogP contribution in [0.5, 0.6) is 5.75 Å². The minimum absolute atomic E-state index is 0.165. The molecule has 0 bridgehead atoms. The maximum atomic E-state index is 12.3. The molecule has 0 N–H and O–H groups in total. The molecule has 2 aromatic heterocycles. The number of carbonyl (C=O) groups is 2. The Kier molecular flexibility index (Phi) is 6.46. The third kappa shape index (κ3) is 4.67. The highest BCUT2D eigenvalue weighted by Crippen LogP contribution is 2.20. The van der Waals surface area contributed by atoms with E-state index in [4.69, 9.17) is 9.47 Å². The van der Waals surface area contributed by atoms with Gasteiger partial charge in [-0.05, 0) is 43.9 Å². The van der Waals surface area contributed by atoms with Gasteiger partial charge in [-0.15, -0.1) is 0 Å². The molecule has 7 heteroatoms.